The number of unbranched alkanes of at least 4 members (excludes halogenated alkanes) is 2. The van der Waals surface area contributed by atoms with E-state index in [0.29, 0.717) is 5.56 Å². The summed E-state index contributed by atoms with van der Waals surface area (Å²) in [5, 5.41) is 20.8. The van der Waals surface area contributed by atoms with Gasteiger partial charge < -0.3 is 30.1 Å². The second-order valence-electron chi connectivity index (χ2n) is 11.5. The first kappa shape index (κ1) is 39.3. The Kier molecular flexibility index (Phi) is 15.1. The molecule has 0 spiro atoms. The number of halogens is 1. The molecule has 4 aromatic carbocycles. The van der Waals surface area contributed by atoms with Crippen LogP contribution in [0.2, 0.25) is 0 Å². The minimum Gasteiger partial charge on any atom is -0.497 e. The number of nitrogens with zero attached hydrogens (tertiary/aromatic N) is 4. The number of anilines is 2. The molecular weight excluding hydrogens is 735 g/mol. The van der Waals surface area contributed by atoms with Crippen LogP contribution in [0, 0.1) is 26.2 Å². The Hall–Kier alpha value is -5.13. The van der Waals surface area contributed by atoms with Crippen molar-refractivity contribution >= 4 is 55.8 Å². The highest BCUT2D eigenvalue weighted by Crippen LogP contribution is 2.36. The van der Waals surface area contributed by atoms with Crippen molar-refractivity contribution in [1.82, 2.24) is 9.13 Å². The Morgan fingerprint density at radius 3 is 1.76 bits per heavy atom. The van der Waals surface area contributed by atoms with Crippen molar-refractivity contribution in [3.8, 4) is 34.9 Å². The van der Waals surface area contributed by atoms with E-state index in [4.69, 9.17) is 26.2 Å². The molecule has 2 heterocycles. The average Bonchev–Trinajstić information content (AvgIpc) is 3.65. The molecule has 8 nitrogen and oxygen atoms in total. The Labute approximate surface area is 310 Å². The van der Waals surface area contributed by atoms with E-state index < -0.39 is 0 Å². The van der Waals surface area contributed by atoms with E-state index in [9.17, 15) is 5.26 Å². The van der Waals surface area contributed by atoms with Gasteiger partial charge in [0.25, 0.3) is 0 Å². The van der Waals surface area contributed by atoms with Crippen LogP contribution in [0.15, 0.2) is 91.1 Å². The van der Waals surface area contributed by atoms with Gasteiger partial charge in [-0.05, 0) is 102 Å². The molecule has 2 aromatic heterocycles. The summed E-state index contributed by atoms with van der Waals surface area (Å²) in [5.41, 5.74) is 18.3. The Morgan fingerprint density at radius 2 is 1.24 bits per heavy atom. The van der Waals surface area contributed by atoms with Gasteiger partial charge in [0, 0.05) is 57.1 Å². The quantitative estimate of drug-likeness (QED) is 0.111. The van der Waals surface area contributed by atoms with Crippen molar-refractivity contribution in [2.75, 3.05) is 25.7 Å². The van der Waals surface area contributed by atoms with Gasteiger partial charge in [-0.1, -0.05) is 46.2 Å². The summed E-state index contributed by atoms with van der Waals surface area (Å²) in [5.74, 6) is 1.63. The van der Waals surface area contributed by atoms with E-state index in [2.05, 4.69) is 57.7 Å². The number of fused-ring (bicyclic) bond motifs is 2. The summed E-state index contributed by atoms with van der Waals surface area (Å²) >= 11 is 2.24. The van der Waals surface area contributed by atoms with Crippen LogP contribution in [-0.2, 0) is 13.1 Å². The van der Waals surface area contributed by atoms with E-state index >= 15 is 0 Å². The number of hydrogen-bond acceptors (Lipinski definition) is 6. The van der Waals surface area contributed by atoms with E-state index in [1.165, 1.54) is 3.57 Å². The maximum Gasteiger partial charge on any atom is 0.120 e. The normalized spacial score (nSPS) is 10.1. The molecule has 0 aliphatic rings. The number of aryl methyl sites for hydroxylation is 2. The first-order valence-corrected chi connectivity index (χ1v) is 17.4. The molecule has 0 unspecified atom stereocenters. The molecule has 0 bridgehead atoms. The monoisotopic (exact) mass is 782 g/mol. The van der Waals surface area contributed by atoms with E-state index in [-0.39, 0.29) is 7.43 Å². The molecule has 4 N–H and O–H groups in total. The SMILES string of the molecule is C.CCCCn1c(-c2ccc(N)cc2)c(C#N)c2ccc(OC)cc21.CCCCn1cc(C#N)c2ccc(OC)cc21.Nc1ccc(I)cc1. The molecule has 0 fully saturated rings. The van der Waals surface area contributed by atoms with E-state index in [0.717, 1.165) is 100 Å². The van der Waals surface area contributed by atoms with Crippen molar-refractivity contribution in [3.05, 3.63) is 106 Å². The average molecular weight is 783 g/mol. The number of rotatable bonds is 9. The molecule has 0 aliphatic carbocycles. The lowest BCUT2D eigenvalue weighted by Crippen LogP contribution is -2.01. The fraction of sp³-hybridized carbons (Fsp3) is 0.268. The Balaban J connectivity index is 0.000000226. The van der Waals surface area contributed by atoms with E-state index in [1.807, 2.05) is 91.1 Å². The zero-order valence-electron chi connectivity index (χ0n) is 28.5. The number of nitriles is 2. The highest BCUT2D eigenvalue weighted by molar-refractivity contribution is 14.1. The van der Waals surface area contributed by atoms with Crippen LogP contribution in [0.4, 0.5) is 11.4 Å². The first-order chi connectivity index (χ1) is 23.8. The van der Waals surface area contributed by atoms with Crippen molar-refractivity contribution in [2.45, 2.75) is 60.0 Å². The largest absolute Gasteiger partial charge is 0.497 e. The summed E-state index contributed by atoms with van der Waals surface area (Å²) in [6.45, 7) is 6.14. The molecule has 0 atom stereocenters. The Morgan fingerprint density at radius 1 is 0.700 bits per heavy atom. The highest BCUT2D eigenvalue weighted by atomic mass is 127. The standard InChI is InChI=1S/C20H21N3O.C14H16N2O.C6H6IN.CH4/c1-3-4-11-23-19-12-16(24-2)9-10-17(19)18(13-21)20(23)14-5-7-15(22)8-6-14;1-3-4-7-16-10-11(9-15)13-6-5-12(17-2)8-14(13)16;7-5-1-3-6(8)4-2-5;/h5-10,12H,3-4,11,22H2,1-2H3;5-6,8,10H,3-4,7H2,1-2H3;1-4H,8H2;1H4. The second kappa shape index (κ2) is 19.2. The fourth-order valence-corrected chi connectivity index (χ4v) is 5.88. The second-order valence-corrected chi connectivity index (χ2v) is 12.7. The van der Waals surface area contributed by atoms with Gasteiger partial charge in [-0.25, -0.2) is 0 Å². The first-order valence-electron chi connectivity index (χ1n) is 16.3. The zero-order chi connectivity index (χ0) is 35.3. The van der Waals surface area contributed by atoms with Gasteiger partial charge in [0.2, 0.25) is 0 Å². The predicted octanol–water partition coefficient (Wildman–Crippen LogP) is 10.4. The predicted molar refractivity (Wildman–Crippen MR) is 216 cm³/mol. The van der Waals surface area contributed by atoms with Crippen molar-refractivity contribution < 1.29 is 9.47 Å². The summed E-state index contributed by atoms with van der Waals surface area (Å²) in [7, 11) is 3.32. The topological polar surface area (TPSA) is 128 Å². The maximum atomic E-state index is 9.78. The lowest BCUT2D eigenvalue weighted by atomic mass is 10.1. The number of nitrogens with two attached hydrogens (primary N) is 2. The molecule has 260 valence electrons. The lowest BCUT2D eigenvalue weighted by Gasteiger charge is -2.11. The molecule has 0 saturated carbocycles. The third kappa shape index (κ3) is 9.52. The van der Waals surface area contributed by atoms with Crippen molar-refractivity contribution in [1.29, 1.82) is 10.5 Å². The van der Waals surface area contributed by atoms with Gasteiger partial charge >= 0.3 is 0 Å². The molecule has 0 amide bonds. The number of aromatic nitrogens is 2. The molecule has 6 rings (SSSR count). The van der Waals surface area contributed by atoms with Crippen LogP contribution in [-0.4, -0.2) is 23.4 Å². The summed E-state index contributed by atoms with van der Waals surface area (Å²) in [6.07, 6.45) is 6.33. The van der Waals surface area contributed by atoms with Gasteiger partial charge in [0.1, 0.15) is 23.6 Å². The number of hydrogen-bond donors (Lipinski definition) is 2. The zero-order valence-corrected chi connectivity index (χ0v) is 30.7. The molecule has 50 heavy (non-hydrogen) atoms. The van der Waals surface area contributed by atoms with Crippen LogP contribution in [0.3, 0.4) is 0 Å². The molecule has 9 heteroatoms. The van der Waals surface area contributed by atoms with Gasteiger partial charge in [-0.3, -0.25) is 0 Å². The van der Waals surface area contributed by atoms with Crippen molar-refractivity contribution in [3.63, 3.8) is 0 Å². The lowest BCUT2D eigenvalue weighted by molar-refractivity contribution is 0.415. The summed E-state index contributed by atoms with van der Waals surface area (Å²) in [4.78, 5) is 0. The van der Waals surface area contributed by atoms with Gasteiger partial charge in [-0.15, -0.1) is 0 Å². The maximum absolute atomic E-state index is 9.78. The van der Waals surface area contributed by atoms with Gasteiger partial charge in [0.05, 0.1) is 42.1 Å². The highest BCUT2D eigenvalue weighted by Gasteiger charge is 2.19. The molecule has 0 saturated heterocycles. The number of nitrogen functional groups attached to an aromatic ring is 2. The minimum atomic E-state index is 0. The van der Waals surface area contributed by atoms with Crippen LogP contribution in [0.5, 0.6) is 11.5 Å². The number of benzene rings is 4. The fourth-order valence-electron chi connectivity index (χ4n) is 5.52. The minimum absolute atomic E-state index is 0. The van der Waals surface area contributed by atoms with Gasteiger partial charge in [0.15, 0.2) is 0 Å². The Bertz CT molecular complexity index is 2050. The molecular formula is C41H47IN6O2. The molecule has 0 aliphatic heterocycles. The third-order valence-electron chi connectivity index (χ3n) is 8.14. The summed E-state index contributed by atoms with van der Waals surface area (Å²) < 4.78 is 16.2. The van der Waals surface area contributed by atoms with Crippen LogP contribution < -0.4 is 20.9 Å². The van der Waals surface area contributed by atoms with Crippen LogP contribution in [0.1, 0.15) is 58.1 Å². The smallest absolute Gasteiger partial charge is 0.120 e. The van der Waals surface area contributed by atoms with Crippen LogP contribution >= 0.6 is 22.6 Å². The van der Waals surface area contributed by atoms with Gasteiger partial charge in [-0.2, -0.15) is 10.5 Å². The third-order valence-corrected chi connectivity index (χ3v) is 8.85. The molecule has 6 aromatic rings. The number of ether oxygens (including phenoxy) is 2. The van der Waals surface area contributed by atoms with E-state index in [1.54, 1.807) is 14.2 Å². The molecule has 0 radical (unpaired) electrons. The van der Waals surface area contributed by atoms with Crippen LogP contribution in [0.25, 0.3) is 33.1 Å². The number of methoxy groups -OCH3 is 2. The summed E-state index contributed by atoms with van der Waals surface area (Å²) in [6, 6.07) is 31.8. The van der Waals surface area contributed by atoms with Crippen molar-refractivity contribution in [2.24, 2.45) is 0 Å².